The Balaban J connectivity index is 0.752. The Bertz CT molecular complexity index is 7050. The molecule has 0 radical (unpaired) electrons. The van der Waals surface area contributed by atoms with Gasteiger partial charge in [-0.05, 0) is 204 Å². The second-order valence-electron chi connectivity index (χ2n) is 35.8. The second-order valence-corrected chi connectivity index (χ2v) is 48.7. The average molecular weight is 1590 g/mol. The minimum atomic E-state index is -2.20. The lowest BCUT2D eigenvalue weighted by molar-refractivity contribution is 0.465. The maximum Gasteiger partial charge on any atom is 0.260 e. The highest BCUT2D eigenvalue weighted by Crippen LogP contribution is 2.54. The van der Waals surface area contributed by atoms with Gasteiger partial charge < -0.3 is 44.2 Å². The van der Waals surface area contributed by atoms with Gasteiger partial charge in [-0.25, -0.2) is 0 Å². The quantitative estimate of drug-likeness (QED) is 0.164. The molecular weight excluding hydrogens is 1510 g/mol. The molecular formula is C105H82B3N7O2Si3. The van der Waals surface area contributed by atoms with Crippen LogP contribution < -0.4 is 124 Å². The van der Waals surface area contributed by atoms with Gasteiger partial charge in [0.15, 0.2) is 0 Å². The number of ether oxygens (including phenoxy) is 2. The van der Waals surface area contributed by atoms with Crippen molar-refractivity contribution >= 4 is 238 Å². The van der Waals surface area contributed by atoms with E-state index in [0.717, 1.165) is 119 Å². The van der Waals surface area contributed by atoms with Crippen LogP contribution in [-0.4, -0.2) is 44.4 Å². The predicted molar refractivity (Wildman–Crippen MR) is 516 cm³/mol. The fourth-order valence-electron chi connectivity index (χ4n) is 22.9. The van der Waals surface area contributed by atoms with Crippen molar-refractivity contribution in [3.63, 3.8) is 0 Å². The molecule has 0 aliphatic carbocycles. The fourth-order valence-corrected chi connectivity index (χ4v) is 31.9. The van der Waals surface area contributed by atoms with Crippen LogP contribution in [-0.2, 0) is 0 Å². The van der Waals surface area contributed by atoms with E-state index in [2.05, 4.69) is 422 Å². The summed E-state index contributed by atoms with van der Waals surface area (Å²) in [6.07, 6.45) is 0. The molecule has 0 amide bonds. The molecule has 0 saturated carbocycles. The Kier molecular flexibility index (Phi) is 14.6. The Morgan fingerprint density at radius 1 is 0.233 bits per heavy atom. The summed E-state index contributed by atoms with van der Waals surface area (Å²) < 4.78 is 16.0. The lowest BCUT2D eigenvalue weighted by Gasteiger charge is -2.47. The lowest BCUT2D eigenvalue weighted by Crippen LogP contribution is -2.65. The number of benzene rings is 16. The van der Waals surface area contributed by atoms with Crippen LogP contribution in [0, 0.1) is 20.8 Å². The Labute approximate surface area is 704 Å². The van der Waals surface area contributed by atoms with E-state index in [1.165, 1.54) is 115 Å². The number of nitrogens with zero attached hydrogens (tertiary/aromatic N) is 6. The first kappa shape index (κ1) is 69.7. The summed E-state index contributed by atoms with van der Waals surface area (Å²) in [5, 5.41) is 12.7. The van der Waals surface area contributed by atoms with Crippen LogP contribution in [0.15, 0.2) is 328 Å². The molecule has 570 valence electrons. The molecule has 9 nitrogen and oxygen atoms in total. The zero-order valence-electron chi connectivity index (χ0n) is 68.4. The van der Waals surface area contributed by atoms with Gasteiger partial charge in [0, 0.05) is 121 Å². The summed E-state index contributed by atoms with van der Waals surface area (Å²) >= 11 is 0. The highest BCUT2D eigenvalue weighted by Gasteiger charge is 2.52. The summed E-state index contributed by atoms with van der Waals surface area (Å²) in [6.45, 7) is 21.1. The molecule has 9 aliphatic rings. The van der Waals surface area contributed by atoms with Gasteiger partial charge in [0.05, 0.1) is 22.7 Å². The third-order valence-electron chi connectivity index (χ3n) is 28.0. The van der Waals surface area contributed by atoms with Gasteiger partial charge in [0.1, 0.15) is 47.2 Å². The predicted octanol–water partition coefficient (Wildman–Crippen LogP) is 17.6. The number of hydrogen-bond acceptors (Lipinski definition) is 9. The normalized spacial score (nSPS) is 15.6. The van der Waals surface area contributed by atoms with Crippen LogP contribution >= 0.6 is 0 Å². The van der Waals surface area contributed by atoms with Gasteiger partial charge in [-0.2, -0.15) is 0 Å². The Morgan fingerprint density at radius 2 is 0.567 bits per heavy atom. The van der Waals surface area contributed by atoms with E-state index in [4.69, 9.17) is 9.47 Å². The van der Waals surface area contributed by atoms with Crippen molar-refractivity contribution in [1.29, 1.82) is 0 Å². The molecule has 9 heterocycles. The minimum Gasteiger partial charge on any atom is -0.458 e. The van der Waals surface area contributed by atoms with Crippen molar-refractivity contribution in [2.75, 3.05) is 34.7 Å². The highest BCUT2D eigenvalue weighted by atomic mass is 28.3. The molecule has 120 heavy (non-hydrogen) atoms. The molecule has 15 heteroatoms. The third kappa shape index (κ3) is 9.56. The summed E-state index contributed by atoms with van der Waals surface area (Å²) in [5.74, 6) is 3.17. The lowest BCUT2D eigenvalue weighted by atomic mass is 9.29. The first-order valence-electron chi connectivity index (χ1n) is 42.3. The molecule has 25 rings (SSSR count). The third-order valence-corrected chi connectivity index (χ3v) is 38.6. The molecule has 9 aliphatic heterocycles. The standard InChI is InChI=1S/C105H82B3N7O2Si3/c1-64-52-65(2)105(66(3)53-64)115-88-63-93-77(61-75(88)107-73-37-17-19-39-81(73)111(68-34-14-11-15-35-68)90-56-70(57-91(115)103(90)107)113-84-42-22-28-48-98(84)119(6,7)99-49-29-23-43-85(99)113)108-76-60-74-78(62-92(76)116-94-58-71(59-95(117-93)104(94)108)114-86-44-24-30-50-100(86)120(8,9)101-51-31-25-45-87(101)114)109-79-54-69(112-82-40-20-26-46-96(82)118(4,5)97-47-27-21-41-83(97)112)55-89-102(79)106(74)72-36-16-18-38-80(72)110(89)67-32-12-10-13-33-67/h10-63,109H,1-9H3. The zero-order valence-corrected chi connectivity index (χ0v) is 71.4. The molecule has 0 saturated heterocycles. The van der Waals surface area contributed by atoms with E-state index in [1.807, 2.05) is 0 Å². The molecule has 0 spiro atoms. The second kappa shape index (κ2) is 25.1. The smallest absolute Gasteiger partial charge is 0.260 e. The van der Waals surface area contributed by atoms with Gasteiger partial charge in [-0.1, -0.05) is 251 Å². The number of rotatable bonds is 6. The van der Waals surface area contributed by atoms with E-state index in [9.17, 15) is 0 Å². The average Bonchev–Trinajstić information content (AvgIpc) is 0.683. The molecule has 16 aromatic rings. The minimum absolute atomic E-state index is 0.187. The topological polar surface area (TPSA) is 49.9 Å². The Hall–Kier alpha value is -13.4. The van der Waals surface area contributed by atoms with Crippen molar-refractivity contribution < 1.29 is 9.47 Å². The summed E-state index contributed by atoms with van der Waals surface area (Å²) in [4.78, 5) is 15.3. The van der Waals surface area contributed by atoms with Gasteiger partial charge in [0.2, 0.25) is 0 Å². The zero-order chi connectivity index (χ0) is 80.2. The number of anilines is 20. The van der Waals surface area contributed by atoms with Crippen LogP contribution in [0.3, 0.4) is 0 Å². The maximum absolute atomic E-state index is 8.06. The molecule has 0 atom stereocenters. The van der Waals surface area contributed by atoms with Crippen molar-refractivity contribution in [2.24, 2.45) is 0 Å². The molecule has 16 aromatic carbocycles. The number of para-hydroxylation sites is 10. The van der Waals surface area contributed by atoms with Crippen LogP contribution in [0.1, 0.15) is 16.7 Å². The van der Waals surface area contributed by atoms with Crippen LogP contribution in [0.25, 0.3) is 0 Å². The van der Waals surface area contributed by atoms with Crippen molar-refractivity contribution in [3.8, 4) is 23.0 Å². The van der Waals surface area contributed by atoms with E-state index in [-0.39, 0.29) is 20.1 Å². The van der Waals surface area contributed by atoms with Crippen LogP contribution in [0.2, 0.25) is 39.3 Å². The van der Waals surface area contributed by atoms with Gasteiger partial charge in [0.25, 0.3) is 20.1 Å². The van der Waals surface area contributed by atoms with Crippen molar-refractivity contribution in [1.82, 2.24) is 0 Å². The fraction of sp³-hybridized carbons (Fsp3) is 0.0857. The summed E-state index contributed by atoms with van der Waals surface area (Å²) in [5.41, 5.74) is 36.9. The van der Waals surface area contributed by atoms with Crippen LogP contribution in [0.4, 0.5) is 114 Å². The SMILES string of the molecule is Cc1cc(C)c(N2c3cc4c(cc3B3c5ccccc5N(c5ccccc5)c5cc(N6c7ccccc7[Si](C)(C)c7ccccc76)cc2c53)B2c3cc5c(cc3Oc3cc(N6c7ccccc7[Si](C)(C)c7ccccc76)cc(c32)O4)Nc2cc(N3c4ccccc4[Si](C)(C)c4ccccc43)cc3c2B5c2ccccc2N3c2ccccc2)c(C)c1. The molecule has 0 bridgehead atoms. The monoisotopic (exact) mass is 1590 g/mol. The Morgan fingerprint density at radius 3 is 1.01 bits per heavy atom. The summed E-state index contributed by atoms with van der Waals surface area (Å²) in [6, 6.07) is 125. The number of hydrogen-bond donors (Lipinski definition) is 1. The molecule has 1 N–H and O–H groups in total. The van der Waals surface area contributed by atoms with Crippen LogP contribution in [0.5, 0.6) is 23.0 Å². The number of fused-ring (bicyclic) bond motifs is 18. The van der Waals surface area contributed by atoms with Gasteiger partial charge in [-0.3, -0.25) is 0 Å². The first-order valence-corrected chi connectivity index (χ1v) is 51.3. The van der Waals surface area contributed by atoms with Crippen molar-refractivity contribution in [3.05, 3.63) is 344 Å². The molecule has 0 unspecified atom stereocenters. The summed E-state index contributed by atoms with van der Waals surface area (Å²) in [7, 11) is -6.55. The van der Waals surface area contributed by atoms with E-state index >= 15 is 0 Å². The number of aryl methyl sites for hydroxylation is 3. The highest BCUT2D eigenvalue weighted by molar-refractivity contribution is 7.06. The van der Waals surface area contributed by atoms with E-state index < -0.39 is 24.2 Å². The van der Waals surface area contributed by atoms with E-state index in [0.29, 0.717) is 0 Å². The van der Waals surface area contributed by atoms with Gasteiger partial charge in [-0.15, -0.1) is 0 Å². The molecule has 0 aromatic heterocycles. The molecule has 0 fully saturated rings. The first-order chi connectivity index (χ1) is 58.5. The maximum atomic E-state index is 8.06. The van der Waals surface area contributed by atoms with Gasteiger partial charge >= 0.3 is 0 Å². The largest absolute Gasteiger partial charge is 0.458 e. The van der Waals surface area contributed by atoms with E-state index in [1.54, 1.807) is 0 Å². The van der Waals surface area contributed by atoms with Crippen molar-refractivity contribution in [2.45, 2.75) is 60.1 Å². The number of nitrogens with one attached hydrogen (secondary N) is 1.